The maximum atomic E-state index is 12.7. The Kier molecular flexibility index (Phi) is 5.80. The zero-order chi connectivity index (χ0) is 21.3. The Bertz CT molecular complexity index is 889. The first-order valence-corrected chi connectivity index (χ1v) is 11.7. The lowest BCUT2D eigenvalue weighted by atomic mass is 9.76. The summed E-state index contributed by atoms with van der Waals surface area (Å²) >= 11 is 6.14. The van der Waals surface area contributed by atoms with Crippen molar-refractivity contribution in [2.75, 3.05) is 55.6 Å². The molecular weight excluding hydrogens is 414 g/mol. The highest BCUT2D eigenvalue weighted by atomic mass is 35.5. The summed E-state index contributed by atoms with van der Waals surface area (Å²) in [6, 6.07) is 8.08. The molecule has 0 saturated carbocycles. The van der Waals surface area contributed by atoms with Gasteiger partial charge in [-0.25, -0.2) is 4.98 Å². The van der Waals surface area contributed by atoms with Crippen molar-refractivity contribution >= 4 is 29.2 Å². The van der Waals surface area contributed by atoms with E-state index >= 15 is 0 Å². The first-order valence-electron chi connectivity index (χ1n) is 11.3. The second-order valence-electron chi connectivity index (χ2n) is 9.01. The van der Waals surface area contributed by atoms with E-state index in [2.05, 4.69) is 30.7 Å². The number of ether oxygens (including phenoxy) is 1. The van der Waals surface area contributed by atoms with Gasteiger partial charge in [-0.05, 0) is 37.5 Å². The topological polar surface area (TPSA) is 64.7 Å². The Labute approximate surface area is 188 Å². The SMILES string of the molecule is O=C1O[C@@H](CCN2CCN(c3cccc(Cl)c3)CC2)CC12CCN(c1ncc[nH]1)CC2. The van der Waals surface area contributed by atoms with Gasteiger partial charge < -0.3 is 19.5 Å². The average Bonchev–Trinajstić information content (AvgIpc) is 3.42. The third-order valence-electron chi connectivity index (χ3n) is 7.14. The van der Waals surface area contributed by atoms with Gasteiger partial charge in [0.15, 0.2) is 0 Å². The molecule has 0 bridgehead atoms. The molecule has 2 aromatic rings. The van der Waals surface area contributed by atoms with E-state index in [1.807, 2.05) is 24.4 Å². The number of H-pyrrole nitrogens is 1. The fraction of sp³-hybridized carbons (Fsp3) is 0.565. The molecule has 1 aromatic heterocycles. The predicted molar refractivity (Wildman–Crippen MR) is 122 cm³/mol. The van der Waals surface area contributed by atoms with Crippen LogP contribution in [-0.4, -0.2) is 72.8 Å². The predicted octanol–water partition coefficient (Wildman–Crippen LogP) is 3.18. The summed E-state index contributed by atoms with van der Waals surface area (Å²) in [6.07, 6.45) is 7.15. The molecule has 8 heteroatoms. The van der Waals surface area contributed by atoms with Crippen LogP contribution >= 0.6 is 11.6 Å². The third kappa shape index (κ3) is 4.39. The summed E-state index contributed by atoms with van der Waals surface area (Å²) in [6.45, 7) is 6.72. The zero-order valence-corrected chi connectivity index (χ0v) is 18.6. The van der Waals surface area contributed by atoms with Crippen LogP contribution in [0.1, 0.15) is 25.7 Å². The van der Waals surface area contributed by atoms with Crippen molar-refractivity contribution in [2.24, 2.45) is 5.41 Å². The Morgan fingerprint density at radius 1 is 1.13 bits per heavy atom. The smallest absolute Gasteiger partial charge is 0.312 e. The first-order chi connectivity index (χ1) is 15.1. The molecule has 4 heterocycles. The maximum Gasteiger partial charge on any atom is 0.312 e. The van der Waals surface area contributed by atoms with Gasteiger partial charge in [-0.1, -0.05) is 17.7 Å². The van der Waals surface area contributed by atoms with Crippen LogP contribution < -0.4 is 9.80 Å². The van der Waals surface area contributed by atoms with Crippen molar-refractivity contribution in [1.29, 1.82) is 0 Å². The highest BCUT2D eigenvalue weighted by molar-refractivity contribution is 6.30. The van der Waals surface area contributed by atoms with Gasteiger partial charge in [0, 0.05) is 75.3 Å². The van der Waals surface area contributed by atoms with Crippen LogP contribution in [0.3, 0.4) is 0 Å². The minimum absolute atomic E-state index is 0.0161. The van der Waals surface area contributed by atoms with E-state index in [0.29, 0.717) is 0 Å². The number of imidazole rings is 1. The van der Waals surface area contributed by atoms with Crippen LogP contribution in [0.5, 0.6) is 0 Å². The van der Waals surface area contributed by atoms with E-state index in [1.165, 1.54) is 5.69 Å². The third-order valence-corrected chi connectivity index (χ3v) is 7.38. The van der Waals surface area contributed by atoms with Crippen LogP contribution in [0.2, 0.25) is 5.02 Å². The molecule has 1 N–H and O–H groups in total. The number of nitrogens with zero attached hydrogens (tertiary/aromatic N) is 4. The number of piperazine rings is 1. The number of carbonyl (C=O) groups is 1. The van der Waals surface area contributed by atoms with E-state index in [-0.39, 0.29) is 17.5 Å². The van der Waals surface area contributed by atoms with Crippen LogP contribution in [0.25, 0.3) is 0 Å². The standard InChI is InChI=1S/C23H30ClN5O2/c24-18-2-1-3-19(16-18)28-14-12-27(13-15-28)9-4-20-17-23(21(30)31-20)5-10-29(11-6-23)22-25-7-8-26-22/h1-3,7-8,16,20H,4-6,9-15,17H2,(H,25,26)/t20-/m0/s1. The minimum Gasteiger partial charge on any atom is -0.462 e. The molecule has 1 aromatic carbocycles. The minimum atomic E-state index is -0.293. The second kappa shape index (κ2) is 8.71. The van der Waals surface area contributed by atoms with Crippen LogP contribution in [0.15, 0.2) is 36.7 Å². The number of halogens is 1. The summed E-state index contributed by atoms with van der Waals surface area (Å²) in [5, 5.41) is 0.784. The summed E-state index contributed by atoms with van der Waals surface area (Å²) in [5.41, 5.74) is 0.902. The molecular formula is C23H30ClN5O2. The lowest BCUT2D eigenvalue weighted by molar-refractivity contribution is -0.149. The number of cyclic esters (lactones) is 1. The number of aromatic nitrogens is 2. The molecule has 1 spiro atoms. The van der Waals surface area contributed by atoms with Gasteiger partial charge in [0.05, 0.1) is 5.41 Å². The monoisotopic (exact) mass is 443 g/mol. The molecule has 0 radical (unpaired) electrons. The largest absolute Gasteiger partial charge is 0.462 e. The number of nitrogens with one attached hydrogen (secondary N) is 1. The molecule has 0 aliphatic carbocycles. The number of aromatic amines is 1. The molecule has 3 aliphatic rings. The van der Waals surface area contributed by atoms with Crippen LogP contribution in [0, 0.1) is 5.41 Å². The van der Waals surface area contributed by atoms with Crippen molar-refractivity contribution in [3.05, 3.63) is 41.7 Å². The van der Waals surface area contributed by atoms with Gasteiger partial charge in [-0.2, -0.15) is 0 Å². The zero-order valence-electron chi connectivity index (χ0n) is 17.8. The molecule has 3 aliphatic heterocycles. The highest BCUT2D eigenvalue weighted by Gasteiger charge is 2.50. The van der Waals surface area contributed by atoms with E-state index in [9.17, 15) is 4.79 Å². The summed E-state index contributed by atoms with van der Waals surface area (Å²) < 4.78 is 5.84. The van der Waals surface area contributed by atoms with Crippen LogP contribution in [0.4, 0.5) is 11.6 Å². The molecule has 7 nitrogen and oxygen atoms in total. The summed E-state index contributed by atoms with van der Waals surface area (Å²) in [4.78, 5) is 27.3. The number of benzene rings is 1. The highest BCUT2D eigenvalue weighted by Crippen LogP contribution is 2.44. The fourth-order valence-corrected chi connectivity index (χ4v) is 5.40. The molecule has 5 rings (SSSR count). The van der Waals surface area contributed by atoms with Crippen LogP contribution in [-0.2, 0) is 9.53 Å². The number of esters is 1. The number of hydrogen-bond donors (Lipinski definition) is 1. The number of hydrogen-bond acceptors (Lipinski definition) is 6. The van der Waals surface area contributed by atoms with Crippen molar-refractivity contribution in [3.8, 4) is 0 Å². The second-order valence-corrected chi connectivity index (χ2v) is 9.45. The Morgan fingerprint density at radius 2 is 1.94 bits per heavy atom. The van der Waals surface area contributed by atoms with E-state index in [0.717, 1.165) is 82.5 Å². The Balaban J connectivity index is 1.08. The summed E-state index contributed by atoms with van der Waals surface area (Å²) in [7, 11) is 0. The molecule has 0 unspecified atom stereocenters. The van der Waals surface area contributed by atoms with Crippen molar-refractivity contribution < 1.29 is 9.53 Å². The van der Waals surface area contributed by atoms with Gasteiger partial charge in [-0.3, -0.25) is 9.69 Å². The number of carbonyl (C=O) groups excluding carboxylic acids is 1. The van der Waals surface area contributed by atoms with Crippen molar-refractivity contribution in [1.82, 2.24) is 14.9 Å². The molecule has 1 atom stereocenters. The maximum absolute atomic E-state index is 12.7. The van der Waals surface area contributed by atoms with E-state index < -0.39 is 0 Å². The molecule has 3 saturated heterocycles. The molecule has 31 heavy (non-hydrogen) atoms. The first kappa shape index (κ1) is 20.6. The quantitative estimate of drug-likeness (QED) is 0.716. The van der Waals surface area contributed by atoms with Crippen molar-refractivity contribution in [2.45, 2.75) is 31.8 Å². The lowest BCUT2D eigenvalue weighted by Crippen LogP contribution is -2.47. The van der Waals surface area contributed by atoms with Gasteiger partial charge >= 0.3 is 5.97 Å². The summed E-state index contributed by atoms with van der Waals surface area (Å²) in [5.74, 6) is 0.914. The molecule has 3 fully saturated rings. The number of anilines is 2. The molecule has 166 valence electrons. The Hall–Kier alpha value is -2.25. The van der Waals surface area contributed by atoms with Gasteiger partial charge in [0.2, 0.25) is 5.95 Å². The average molecular weight is 444 g/mol. The normalized spacial score (nSPS) is 24.0. The Morgan fingerprint density at radius 3 is 2.65 bits per heavy atom. The van der Waals surface area contributed by atoms with E-state index in [1.54, 1.807) is 6.20 Å². The molecule has 0 amide bonds. The van der Waals surface area contributed by atoms with Crippen molar-refractivity contribution in [3.63, 3.8) is 0 Å². The van der Waals surface area contributed by atoms with Gasteiger partial charge in [0.1, 0.15) is 6.10 Å². The fourth-order valence-electron chi connectivity index (χ4n) is 5.21. The number of rotatable bonds is 5. The lowest BCUT2D eigenvalue weighted by Gasteiger charge is -2.37. The number of piperidine rings is 1. The van der Waals surface area contributed by atoms with E-state index in [4.69, 9.17) is 16.3 Å². The van der Waals surface area contributed by atoms with Gasteiger partial charge in [-0.15, -0.1) is 0 Å². The van der Waals surface area contributed by atoms with Gasteiger partial charge in [0.25, 0.3) is 0 Å².